The van der Waals surface area contributed by atoms with Crippen LogP contribution < -0.4 is 51.3 Å². The Kier molecular flexibility index (Phi) is 13.9. The first-order chi connectivity index (χ1) is 34.0. The molecule has 0 saturated carbocycles. The molecule has 8 N–H and O–H groups in total. The monoisotopic (exact) mass is 1120 g/mol. The van der Waals surface area contributed by atoms with Crippen LogP contribution >= 0.6 is 23.2 Å². The van der Waals surface area contributed by atoms with E-state index in [1.807, 2.05) is 0 Å². The maximum Gasteiger partial charge on any atom is 0.300 e. The summed E-state index contributed by atoms with van der Waals surface area (Å²) in [6.45, 7) is 2.01. The number of nitrogens with zero attached hydrogens (tertiary/aromatic N) is 10. The van der Waals surface area contributed by atoms with E-state index in [0.717, 1.165) is 0 Å². The fourth-order valence-electron chi connectivity index (χ4n) is 7.27. The molecule has 9 rings (SSSR count). The standard InChI is InChI=1S/C36H36Cl2N14O16S4/c37-21-23-27(67-25-17(41-23)1-3-19(29(25)71(59,60)61)43-33-45-31(39-5-15-69(53,54)55)47-35(49-33)51-7-11-65-12-8-51)22(38)24-28(21)68-26-18(42-24)2-4-20(30(26)72(62,63)64)44-34-46-32(40-6-16-70(56,57)58)48-36(50-34)52-9-13-66-14-10-52/h1-4H,5-16H2,(H,53,54,55)(H,56,57,58)(H,59,60,61)(H,62,63,64)(H2,39,43,45,47,49)(H2,40,44,46,48,50). The van der Waals surface area contributed by atoms with Gasteiger partial charge in [-0.1, -0.05) is 23.2 Å². The van der Waals surface area contributed by atoms with Crippen molar-refractivity contribution < 1.29 is 70.8 Å². The van der Waals surface area contributed by atoms with Gasteiger partial charge in [-0.15, -0.1) is 0 Å². The normalized spacial score (nSPS) is 15.6. The van der Waals surface area contributed by atoms with Crippen molar-refractivity contribution in [2.24, 2.45) is 9.98 Å². The van der Waals surface area contributed by atoms with Crippen molar-refractivity contribution in [2.75, 3.05) is 108 Å². The number of hydrogen-bond acceptors (Lipinski definition) is 26. The van der Waals surface area contributed by atoms with Crippen LogP contribution in [-0.4, -0.2) is 159 Å². The first kappa shape index (κ1) is 50.7. The average Bonchev–Trinajstić information content (AvgIpc) is 3.31. The molecule has 0 unspecified atom stereocenters. The molecule has 4 aliphatic rings. The number of ether oxygens (including phenoxy) is 4. The maximum atomic E-state index is 13.2. The highest BCUT2D eigenvalue weighted by molar-refractivity contribution is 7.86. The number of nitrogens with one attached hydrogen (secondary N) is 4. The van der Waals surface area contributed by atoms with Gasteiger partial charge in [0.2, 0.25) is 35.7 Å². The van der Waals surface area contributed by atoms with Gasteiger partial charge in [0.15, 0.2) is 32.8 Å². The third-order valence-electron chi connectivity index (χ3n) is 10.4. The fraction of sp³-hybridized carbons (Fsp3) is 0.333. The van der Waals surface area contributed by atoms with E-state index in [1.165, 1.54) is 24.3 Å². The summed E-state index contributed by atoms with van der Waals surface area (Å²) in [6.07, 6.45) is 0. The minimum atomic E-state index is -5.24. The molecule has 2 saturated heterocycles. The molecule has 0 aliphatic carbocycles. The summed E-state index contributed by atoms with van der Waals surface area (Å²) in [6, 6.07) is 4.90. The van der Waals surface area contributed by atoms with Crippen LogP contribution in [0.4, 0.5) is 58.4 Å². The summed E-state index contributed by atoms with van der Waals surface area (Å²) in [5.74, 6) is -4.04. The van der Waals surface area contributed by atoms with Crippen molar-refractivity contribution >= 4 is 122 Å². The SMILES string of the molecule is O=S(=O)(O)CCNc1nc(Nc2ccc3c(c2S(=O)(=O)O)Oc2c(Cl)c4c(c(Cl)c2=N3)Oc2c(ccc(Nc3nc(NCCS(=O)(=O)O)nc(N5CCOCC5)n3)c2S(=O)(=O)O)N=4)nc(N2CCOCC2)n1. The van der Waals surface area contributed by atoms with Gasteiger partial charge >= 0.3 is 0 Å². The lowest BCUT2D eigenvalue weighted by Gasteiger charge is -2.27. The highest BCUT2D eigenvalue weighted by Gasteiger charge is 2.35. The highest BCUT2D eigenvalue weighted by Crippen LogP contribution is 2.49. The lowest BCUT2D eigenvalue weighted by molar-refractivity contribution is 0.122. The molecule has 5 aromatic rings. The molecule has 4 aliphatic heterocycles. The highest BCUT2D eigenvalue weighted by atomic mass is 35.5. The number of halogens is 2. The summed E-state index contributed by atoms with van der Waals surface area (Å²) in [4.78, 5) is 36.4. The molecular formula is C36H36Cl2N14O16S4. The lowest BCUT2D eigenvalue weighted by atomic mass is 10.2. The molecule has 0 amide bonds. The van der Waals surface area contributed by atoms with Crippen LogP contribution in [0.5, 0.6) is 23.0 Å². The van der Waals surface area contributed by atoms with Gasteiger partial charge in [0.25, 0.3) is 40.5 Å². The van der Waals surface area contributed by atoms with E-state index in [4.69, 9.17) is 42.1 Å². The van der Waals surface area contributed by atoms with E-state index in [1.54, 1.807) is 9.80 Å². The first-order valence-electron chi connectivity index (χ1n) is 20.7. The molecule has 3 aromatic carbocycles. The Morgan fingerprint density at radius 2 is 0.875 bits per heavy atom. The molecule has 72 heavy (non-hydrogen) atoms. The van der Waals surface area contributed by atoms with Gasteiger partial charge in [-0.05, 0) is 24.3 Å². The molecule has 0 spiro atoms. The molecule has 384 valence electrons. The summed E-state index contributed by atoms with van der Waals surface area (Å²) in [7, 11) is -19.2. The van der Waals surface area contributed by atoms with Crippen molar-refractivity contribution in [3.8, 4) is 23.0 Å². The zero-order valence-corrected chi connectivity index (χ0v) is 41.1. The fourth-order valence-corrected chi connectivity index (χ4v) is 10.1. The predicted molar refractivity (Wildman–Crippen MR) is 253 cm³/mol. The van der Waals surface area contributed by atoms with Crippen LogP contribution in [0.3, 0.4) is 0 Å². The second-order valence-corrected chi connectivity index (χ2v) is 22.0. The average molecular weight is 1120 g/mol. The summed E-state index contributed by atoms with van der Waals surface area (Å²) in [5.41, 5.74) is -1.15. The van der Waals surface area contributed by atoms with Crippen LogP contribution in [0.15, 0.2) is 44.0 Å². The zero-order valence-electron chi connectivity index (χ0n) is 36.3. The molecule has 2 aromatic heterocycles. The topological polar surface area (TPSA) is 411 Å². The number of aromatic nitrogens is 6. The molecule has 6 heterocycles. The second kappa shape index (κ2) is 19.7. The molecular weight excluding hydrogens is 1080 g/mol. The van der Waals surface area contributed by atoms with Crippen molar-refractivity contribution in [1.29, 1.82) is 0 Å². The first-order valence-corrected chi connectivity index (χ1v) is 27.6. The number of hydrogen-bond donors (Lipinski definition) is 8. The van der Waals surface area contributed by atoms with Gasteiger partial charge in [0.05, 0.1) is 49.3 Å². The Labute approximate surface area is 416 Å². The maximum absolute atomic E-state index is 13.2. The van der Waals surface area contributed by atoms with Crippen molar-refractivity contribution in [3.63, 3.8) is 0 Å². The second-order valence-electron chi connectivity index (χ2n) is 15.4. The Hall–Kier alpha value is -6.18. The number of benzene rings is 3. The van der Waals surface area contributed by atoms with E-state index in [0.29, 0.717) is 52.6 Å². The van der Waals surface area contributed by atoms with Crippen LogP contribution in [0.2, 0.25) is 10.0 Å². The van der Waals surface area contributed by atoms with Crippen molar-refractivity contribution in [3.05, 3.63) is 45.0 Å². The Morgan fingerprint density at radius 1 is 0.514 bits per heavy atom. The van der Waals surface area contributed by atoms with Gasteiger partial charge in [0, 0.05) is 39.3 Å². The molecule has 0 radical (unpaired) electrons. The van der Waals surface area contributed by atoms with Gasteiger partial charge in [-0.25, -0.2) is 9.98 Å². The van der Waals surface area contributed by atoms with E-state index >= 15 is 0 Å². The van der Waals surface area contributed by atoms with Crippen molar-refractivity contribution in [1.82, 2.24) is 29.9 Å². The zero-order chi connectivity index (χ0) is 51.3. The quantitative estimate of drug-likeness (QED) is 0.0639. The van der Waals surface area contributed by atoms with Crippen LogP contribution in [0.1, 0.15) is 0 Å². The van der Waals surface area contributed by atoms with E-state index in [2.05, 4.69) is 61.2 Å². The van der Waals surface area contributed by atoms with Crippen LogP contribution in [-0.2, 0) is 49.9 Å². The largest absolute Gasteiger partial charge is 0.450 e. The summed E-state index contributed by atoms with van der Waals surface area (Å²) in [5, 5.41) is 9.49. The van der Waals surface area contributed by atoms with E-state index in [9.17, 15) is 51.9 Å². The smallest absolute Gasteiger partial charge is 0.300 e. The Balaban J connectivity index is 1.08. The molecule has 2 fully saturated rings. The minimum absolute atomic E-state index is 0.0764. The molecule has 0 bridgehead atoms. The van der Waals surface area contributed by atoms with E-state index in [-0.39, 0.29) is 104 Å². The van der Waals surface area contributed by atoms with Gasteiger partial charge in [-0.2, -0.15) is 63.6 Å². The number of morpholine rings is 2. The summed E-state index contributed by atoms with van der Waals surface area (Å²) < 4.78 is 161. The van der Waals surface area contributed by atoms with Crippen LogP contribution in [0, 0.1) is 0 Å². The Bertz CT molecular complexity index is 3400. The Morgan fingerprint density at radius 3 is 1.22 bits per heavy atom. The number of rotatable bonds is 16. The molecule has 36 heteroatoms. The number of fused-ring (bicyclic) bond motifs is 4. The van der Waals surface area contributed by atoms with Gasteiger partial charge in [0.1, 0.15) is 32.1 Å². The van der Waals surface area contributed by atoms with E-state index < -0.39 is 73.3 Å². The van der Waals surface area contributed by atoms with Gasteiger partial charge < -0.3 is 50.0 Å². The third-order valence-corrected chi connectivity index (χ3v) is 14.4. The molecule has 0 atom stereocenters. The summed E-state index contributed by atoms with van der Waals surface area (Å²) >= 11 is 13.7. The molecule has 30 nitrogen and oxygen atoms in total. The minimum Gasteiger partial charge on any atom is -0.450 e. The van der Waals surface area contributed by atoms with Gasteiger partial charge in [-0.3, -0.25) is 18.2 Å². The number of anilines is 8. The predicted octanol–water partition coefficient (Wildman–Crippen LogP) is 1.73. The lowest BCUT2D eigenvalue weighted by Crippen LogP contribution is -2.37. The van der Waals surface area contributed by atoms with Crippen LogP contribution in [0.25, 0.3) is 0 Å². The third kappa shape index (κ3) is 11.2. The van der Waals surface area contributed by atoms with Crippen molar-refractivity contribution in [2.45, 2.75) is 9.79 Å².